The van der Waals surface area contributed by atoms with Gasteiger partial charge in [0.05, 0.1) is 17.7 Å². The normalized spacial score (nSPS) is 11.0. The van der Waals surface area contributed by atoms with Crippen LogP contribution in [0.15, 0.2) is 40.3 Å². The smallest absolute Gasteiger partial charge is 0.358 e. The van der Waals surface area contributed by atoms with Crippen molar-refractivity contribution in [2.24, 2.45) is 0 Å². The van der Waals surface area contributed by atoms with Crippen LogP contribution in [0.4, 0.5) is 4.39 Å². The van der Waals surface area contributed by atoms with E-state index in [2.05, 4.69) is 15.9 Å². The Morgan fingerprint density at radius 2 is 2.29 bits per heavy atom. The quantitative estimate of drug-likeness (QED) is 0.625. The van der Waals surface area contributed by atoms with Gasteiger partial charge in [0, 0.05) is 20.9 Å². The first-order valence-electron chi connectivity index (χ1n) is 6.33. The molecule has 3 nitrogen and oxygen atoms in total. The Bertz CT molecular complexity index is 824. The molecule has 0 unspecified atom stereocenters. The topological polar surface area (TPSA) is 30.7 Å². The second kappa shape index (κ2) is 5.61. The number of carbonyl (C=O) groups excluding carboxylic acids is 1. The average Bonchev–Trinajstić information content (AvgIpc) is 2.99. The van der Waals surface area contributed by atoms with Gasteiger partial charge in [-0.15, -0.1) is 11.3 Å². The number of nitrogens with zero attached hydrogens (tertiary/aromatic N) is 1. The fourth-order valence-corrected chi connectivity index (χ4v) is 3.72. The van der Waals surface area contributed by atoms with Gasteiger partial charge in [0.2, 0.25) is 0 Å². The minimum absolute atomic E-state index is 0.0630. The van der Waals surface area contributed by atoms with Crippen LogP contribution in [0.25, 0.3) is 16.0 Å². The molecule has 0 aliphatic heterocycles. The molecule has 0 saturated carbocycles. The Morgan fingerprint density at radius 1 is 1.48 bits per heavy atom. The molecule has 3 aromatic heterocycles. The van der Waals surface area contributed by atoms with Crippen LogP contribution < -0.4 is 0 Å². The molecule has 0 aliphatic carbocycles. The monoisotopic (exact) mass is 367 g/mol. The number of thiophene rings is 1. The minimum atomic E-state index is -0.655. The zero-order chi connectivity index (χ0) is 15.0. The van der Waals surface area contributed by atoms with Crippen molar-refractivity contribution in [3.05, 3.63) is 51.8 Å². The molecule has 0 radical (unpaired) electrons. The number of rotatable bonds is 3. The molecule has 0 saturated heterocycles. The fraction of sp³-hybridized carbons (Fsp3) is 0.133. The summed E-state index contributed by atoms with van der Waals surface area (Å²) >= 11 is 4.79. The summed E-state index contributed by atoms with van der Waals surface area (Å²) < 4.78 is 22.2. The van der Waals surface area contributed by atoms with E-state index in [9.17, 15) is 9.18 Å². The third-order valence-corrected chi connectivity index (χ3v) is 4.78. The molecule has 3 heterocycles. The van der Waals surface area contributed by atoms with Crippen LogP contribution in [0.2, 0.25) is 0 Å². The fourth-order valence-electron chi connectivity index (χ4n) is 2.24. The summed E-state index contributed by atoms with van der Waals surface area (Å²) in [5.41, 5.74) is 1.01. The first kappa shape index (κ1) is 14.3. The summed E-state index contributed by atoms with van der Waals surface area (Å²) in [6.07, 6.45) is 1.66. The summed E-state index contributed by atoms with van der Waals surface area (Å²) in [4.78, 5) is 12.8. The lowest BCUT2D eigenvalue weighted by Crippen LogP contribution is -2.09. The van der Waals surface area contributed by atoms with Crippen molar-refractivity contribution in [3.63, 3.8) is 0 Å². The van der Waals surface area contributed by atoms with Gasteiger partial charge in [-0.25, -0.2) is 9.18 Å². The van der Waals surface area contributed by atoms with Gasteiger partial charge in [-0.05, 0) is 41.1 Å². The molecular formula is C15H11BrFNO2S. The van der Waals surface area contributed by atoms with Gasteiger partial charge < -0.3 is 9.14 Å². The highest BCUT2D eigenvalue weighted by molar-refractivity contribution is 9.10. The number of carbonyl (C=O) groups is 1. The molecule has 3 aromatic rings. The van der Waals surface area contributed by atoms with Crippen molar-refractivity contribution in [2.45, 2.75) is 6.92 Å². The van der Waals surface area contributed by atoms with Crippen LogP contribution in [0.1, 0.15) is 17.4 Å². The Labute approximate surface area is 133 Å². The summed E-state index contributed by atoms with van der Waals surface area (Å²) in [7, 11) is 0. The maximum absolute atomic E-state index is 14.8. The first-order valence-corrected chi connectivity index (χ1v) is 8.00. The predicted octanol–water partition coefficient (Wildman–Crippen LogP) is 4.75. The number of fused-ring (bicyclic) bond motifs is 1. The largest absolute Gasteiger partial charge is 0.461 e. The number of hydrogen-bond donors (Lipinski definition) is 0. The second-order valence-electron chi connectivity index (χ2n) is 4.34. The van der Waals surface area contributed by atoms with E-state index < -0.39 is 11.8 Å². The number of ether oxygens (including phenoxy) is 1. The highest BCUT2D eigenvalue weighted by Crippen LogP contribution is 2.37. The number of halogens is 2. The molecule has 3 rings (SSSR count). The van der Waals surface area contributed by atoms with E-state index in [1.54, 1.807) is 25.3 Å². The van der Waals surface area contributed by atoms with Crippen molar-refractivity contribution in [3.8, 4) is 10.4 Å². The third-order valence-electron chi connectivity index (χ3n) is 3.07. The van der Waals surface area contributed by atoms with E-state index in [4.69, 9.17) is 4.74 Å². The van der Waals surface area contributed by atoms with Gasteiger partial charge in [0.15, 0.2) is 11.5 Å². The second-order valence-corrected chi connectivity index (χ2v) is 6.17. The molecular weight excluding hydrogens is 357 g/mol. The van der Waals surface area contributed by atoms with Crippen molar-refractivity contribution in [1.29, 1.82) is 0 Å². The van der Waals surface area contributed by atoms with Crippen LogP contribution >= 0.6 is 27.3 Å². The van der Waals surface area contributed by atoms with Crippen LogP contribution in [0.3, 0.4) is 0 Å². The van der Waals surface area contributed by atoms with Gasteiger partial charge in [-0.3, -0.25) is 0 Å². The first-order chi connectivity index (χ1) is 10.1. The van der Waals surface area contributed by atoms with E-state index >= 15 is 0 Å². The zero-order valence-electron chi connectivity index (χ0n) is 11.1. The molecule has 108 valence electrons. The van der Waals surface area contributed by atoms with E-state index in [1.807, 2.05) is 17.5 Å². The van der Waals surface area contributed by atoms with Crippen molar-refractivity contribution >= 4 is 38.8 Å². The van der Waals surface area contributed by atoms with Crippen LogP contribution in [-0.2, 0) is 4.74 Å². The third kappa shape index (κ3) is 2.38. The van der Waals surface area contributed by atoms with Crippen LogP contribution in [-0.4, -0.2) is 17.0 Å². The Morgan fingerprint density at radius 3 is 2.95 bits per heavy atom. The molecule has 0 atom stereocenters. The lowest BCUT2D eigenvalue weighted by Gasteiger charge is -2.02. The number of hydrogen-bond acceptors (Lipinski definition) is 3. The molecule has 21 heavy (non-hydrogen) atoms. The van der Waals surface area contributed by atoms with Crippen molar-refractivity contribution < 1.29 is 13.9 Å². The lowest BCUT2D eigenvalue weighted by molar-refractivity contribution is 0.0513. The molecule has 0 spiro atoms. The summed E-state index contributed by atoms with van der Waals surface area (Å²) in [5, 5.41) is 1.88. The lowest BCUT2D eigenvalue weighted by atomic mass is 10.2. The van der Waals surface area contributed by atoms with E-state index in [-0.39, 0.29) is 12.3 Å². The van der Waals surface area contributed by atoms with Crippen LogP contribution in [0, 0.1) is 5.82 Å². The van der Waals surface area contributed by atoms with E-state index in [1.165, 1.54) is 15.7 Å². The van der Waals surface area contributed by atoms with Gasteiger partial charge in [0.25, 0.3) is 0 Å². The molecule has 0 amide bonds. The maximum atomic E-state index is 14.8. The average molecular weight is 368 g/mol. The number of pyridine rings is 1. The molecule has 0 fully saturated rings. The van der Waals surface area contributed by atoms with Gasteiger partial charge in [0.1, 0.15) is 0 Å². The van der Waals surface area contributed by atoms with Gasteiger partial charge >= 0.3 is 5.97 Å². The Kier molecular flexibility index (Phi) is 3.82. The maximum Gasteiger partial charge on any atom is 0.358 e. The molecule has 6 heteroatoms. The molecule has 0 aromatic carbocycles. The standard InChI is InChI=1S/C15H11BrFNO2S/c1-2-20-15(19)14-13(17)12(11-7-9(16)8-21-11)10-5-3-4-6-18(10)14/h3-8H,2H2,1H3. The van der Waals surface area contributed by atoms with Crippen molar-refractivity contribution in [2.75, 3.05) is 6.61 Å². The molecule has 0 bridgehead atoms. The summed E-state index contributed by atoms with van der Waals surface area (Å²) in [5.74, 6) is -1.20. The Hall–Kier alpha value is -1.66. The molecule has 0 N–H and O–H groups in total. The van der Waals surface area contributed by atoms with Gasteiger partial charge in [-0.1, -0.05) is 6.07 Å². The van der Waals surface area contributed by atoms with Gasteiger partial charge in [-0.2, -0.15) is 0 Å². The predicted molar refractivity (Wildman–Crippen MR) is 84.3 cm³/mol. The highest BCUT2D eigenvalue weighted by Gasteiger charge is 2.25. The van der Waals surface area contributed by atoms with E-state index in [0.29, 0.717) is 11.1 Å². The SMILES string of the molecule is CCOC(=O)c1c(F)c(-c2cc(Br)cs2)c2ccccn12. The van der Waals surface area contributed by atoms with E-state index in [0.717, 1.165) is 9.35 Å². The molecule has 0 aliphatic rings. The highest BCUT2D eigenvalue weighted by atomic mass is 79.9. The zero-order valence-corrected chi connectivity index (χ0v) is 13.5. The van der Waals surface area contributed by atoms with Crippen molar-refractivity contribution in [1.82, 2.24) is 4.40 Å². The summed E-state index contributed by atoms with van der Waals surface area (Å²) in [6.45, 7) is 1.90. The number of esters is 1. The summed E-state index contributed by atoms with van der Waals surface area (Å²) in [6, 6.07) is 7.19. The number of aromatic nitrogens is 1. The van der Waals surface area contributed by atoms with Crippen LogP contribution in [0.5, 0.6) is 0 Å². The Balaban J connectivity index is 2.30. The minimum Gasteiger partial charge on any atom is -0.461 e.